The Kier molecular flexibility index (Phi) is 2.93. The highest BCUT2D eigenvalue weighted by Crippen LogP contribution is 2.30. The number of carbonyl (C=O) groups excluding carboxylic acids is 2. The van der Waals surface area contributed by atoms with Crippen LogP contribution in [0.3, 0.4) is 0 Å². The number of piperidine rings is 2. The Morgan fingerprint density at radius 1 is 1.47 bits per heavy atom. The average Bonchev–Trinajstić information content (AvgIpc) is 2.28. The van der Waals surface area contributed by atoms with Crippen LogP contribution in [0.15, 0.2) is 0 Å². The summed E-state index contributed by atoms with van der Waals surface area (Å²) in [5.41, 5.74) is 0. The van der Waals surface area contributed by atoms with Gasteiger partial charge in [-0.25, -0.2) is 0 Å². The molecule has 0 saturated carbocycles. The zero-order chi connectivity index (χ0) is 10.8. The monoisotopic (exact) mass is 211 g/mol. The Hall–Kier alpha value is -1.06. The lowest BCUT2D eigenvalue weighted by Gasteiger charge is -2.41. The number of carbonyl (C=O) groups is 2. The Labute approximate surface area is 89.6 Å². The third kappa shape index (κ3) is 1.98. The van der Waals surface area contributed by atoms with Gasteiger partial charge in [-0.15, -0.1) is 0 Å². The van der Waals surface area contributed by atoms with Crippen molar-refractivity contribution < 1.29 is 14.3 Å². The van der Waals surface area contributed by atoms with E-state index in [1.165, 1.54) is 7.11 Å². The minimum absolute atomic E-state index is 0.00199. The molecule has 2 atom stereocenters. The van der Waals surface area contributed by atoms with Crippen molar-refractivity contribution in [3.05, 3.63) is 0 Å². The van der Waals surface area contributed by atoms with Gasteiger partial charge in [-0.1, -0.05) is 0 Å². The molecule has 2 aliphatic rings. The molecule has 2 fully saturated rings. The van der Waals surface area contributed by atoms with Crippen molar-refractivity contribution in [1.29, 1.82) is 0 Å². The molecule has 0 aromatic heterocycles. The van der Waals surface area contributed by atoms with Crippen LogP contribution < -0.4 is 0 Å². The van der Waals surface area contributed by atoms with Gasteiger partial charge >= 0.3 is 5.97 Å². The second-order valence-corrected chi connectivity index (χ2v) is 4.38. The van der Waals surface area contributed by atoms with E-state index >= 15 is 0 Å². The van der Waals surface area contributed by atoms with Gasteiger partial charge in [0.25, 0.3) is 0 Å². The van der Waals surface area contributed by atoms with E-state index in [-0.39, 0.29) is 23.8 Å². The molecule has 2 saturated heterocycles. The molecule has 2 aliphatic heterocycles. The molecule has 2 unspecified atom stereocenters. The fraction of sp³-hybridized carbons (Fsp3) is 0.818. The van der Waals surface area contributed by atoms with Crippen LogP contribution in [0.1, 0.15) is 32.1 Å². The summed E-state index contributed by atoms with van der Waals surface area (Å²) in [5.74, 6) is 0.143. The highest BCUT2D eigenvalue weighted by Gasteiger charge is 2.36. The van der Waals surface area contributed by atoms with Gasteiger partial charge in [0.15, 0.2) is 0 Å². The van der Waals surface area contributed by atoms with E-state index < -0.39 is 0 Å². The van der Waals surface area contributed by atoms with Crippen molar-refractivity contribution >= 4 is 11.9 Å². The quantitative estimate of drug-likeness (QED) is 0.607. The summed E-state index contributed by atoms with van der Waals surface area (Å²) in [6.07, 6.45) is 4.24. The molecule has 0 radical (unpaired) electrons. The number of amides is 1. The molecule has 4 nitrogen and oxygen atoms in total. The standard InChI is InChI=1S/C11H17NO3/c1-15-11(14)8-5-6-12-9(7-8)3-2-4-10(12)13/h8-9H,2-7H2,1H3. The summed E-state index contributed by atoms with van der Waals surface area (Å²) in [7, 11) is 1.43. The molecule has 0 bridgehead atoms. The lowest BCUT2D eigenvalue weighted by molar-refractivity contribution is -0.152. The minimum Gasteiger partial charge on any atom is -0.469 e. The molecule has 0 N–H and O–H groups in total. The molecule has 0 spiro atoms. The van der Waals surface area contributed by atoms with Crippen molar-refractivity contribution in [2.24, 2.45) is 5.92 Å². The summed E-state index contributed by atoms with van der Waals surface area (Å²) in [6.45, 7) is 0.725. The van der Waals surface area contributed by atoms with Gasteiger partial charge in [0, 0.05) is 19.0 Å². The van der Waals surface area contributed by atoms with Gasteiger partial charge in [-0.3, -0.25) is 9.59 Å². The number of nitrogens with zero attached hydrogens (tertiary/aromatic N) is 1. The summed E-state index contributed by atoms with van der Waals surface area (Å²) in [5, 5.41) is 0. The van der Waals surface area contributed by atoms with Crippen molar-refractivity contribution in [1.82, 2.24) is 4.90 Å². The molecule has 84 valence electrons. The number of methoxy groups -OCH3 is 1. The van der Waals surface area contributed by atoms with Gasteiger partial charge in [0.2, 0.25) is 5.91 Å². The zero-order valence-electron chi connectivity index (χ0n) is 9.07. The lowest BCUT2D eigenvalue weighted by atomic mass is 9.86. The number of fused-ring (bicyclic) bond motifs is 1. The second-order valence-electron chi connectivity index (χ2n) is 4.38. The topological polar surface area (TPSA) is 46.6 Å². The largest absolute Gasteiger partial charge is 0.469 e. The van der Waals surface area contributed by atoms with Crippen LogP contribution in [0, 0.1) is 5.92 Å². The molecule has 0 aromatic carbocycles. The first-order valence-corrected chi connectivity index (χ1v) is 5.59. The van der Waals surface area contributed by atoms with Crippen molar-refractivity contribution in [2.45, 2.75) is 38.1 Å². The van der Waals surface area contributed by atoms with E-state index in [0.29, 0.717) is 6.42 Å². The predicted octanol–water partition coefficient (Wildman–Crippen LogP) is 0.950. The molecule has 2 heterocycles. The maximum atomic E-state index is 11.6. The van der Waals surface area contributed by atoms with Crippen LogP contribution in [0.5, 0.6) is 0 Å². The number of ether oxygens (including phenoxy) is 1. The van der Waals surface area contributed by atoms with Crippen LogP contribution in [0.4, 0.5) is 0 Å². The first kappa shape index (κ1) is 10.5. The zero-order valence-corrected chi connectivity index (χ0v) is 9.07. The van der Waals surface area contributed by atoms with Gasteiger partial charge in [-0.05, 0) is 25.7 Å². The average molecular weight is 211 g/mol. The Morgan fingerprint density at radius 3 is 3.00 bits per heavy atom. The van der Waals surface area contributed by atoms with E-state index in [4.69, 9.17) is 4.74 Å². The first-order chi connectivity index (χ1) is 7.22. The smallest absolute Gasteiger partial charge is 0.308 e. The van der Waals surface area contributed by atoms with Crippen LogP contribution in [-0.4, -0.2) is 36.5 Å². The van der Waals surface area contributed by atoms with Crippen molar-refractivity contribution in [3.63, 3.8) is 0 Å². The fourth-order valence-corrected chi connectivity index (χ4v) is 2.67. The van der Waals surface area contributed by atoms with Gasteiger partial charge < -0.3 is 9.64 Å². The number of esters is 1. The molecular formula is C11H17NO3. The molecule has 2 rings (SSSR count). The Morgan fingerprint density at radius 2 is 2.27 bits per heavy atom. The van der Waals surface area contributed by atoms with Crippen LogP contribution in [-0.2, 0) is 14.3 Å². The maximum absolute atomic E-state index is 11.6. The fourth-order valence-electron chi connectivity index (χ4n) is 2.67. The van der Waals surface area contributed by atoms with Crippen LogP contribution in [0.25, 0.3) is 0 Å². The Bertz CT molecular complexity index is 277. The van der Waals surface area contributed by atoms with Crippen molar-refractivity contribution in [3.8, 4) is 0 Å². The van der Waals surface area contributed by atoms with Crippen LogP contribution >= 0.6 is 0 Å². The number of hydrogen-bond acceptors (Lipinski definition) is 3. The minimum atomic E-state index is -0.118. The molecule has 15 heavy (non-hydrogen) atoms. The normalized spacial score (nSPS) is 31.0. The summed E-state index contributed by atoms with van der Waals surface area (Å²) < 4.78 is 4.75. The van der Waals surface area contributed by atoms with E-state index in [9.17, 15) is 9.59 Å². The predicted molar refractivity (Wildman–Crippen MR) is 54.1 cm³/mol. The van der Waals surface area contributed by atoms with E-state index in [1.807, 2.05) is 4.90 Å². The van der Waals surface area contributed by atoms with E-state index in [2.05, 4.69) is 0 Å². The highest BCUT2D eigenvalue weighted by molar-refractivity contribution is 5.78. The molecular weight excluding hydrogens is 194 g/mol. The molecule has 4 heteroatoms. The third-order valence-corrected chi connectivity index (χ3v) is 3.50. The highest BCUT2D eigenvalue weighted by atomic mass is 16.5. The summed E-state index contributed by atoms with van der Waals surface area (Å²) >= 11 is 0. The summed E-state index contributed by atoms with van der Waals surface area (Å²) in [6, 6.07) is 0.282. The SMILES string of the molecule is COC(=O)C1CCN2C(=O)CCCC2C1. The van der Waals surface area contributed by atoms with Gasteiger partial charge in [-0.2, -0.15) is 0 Å². The first-order valence-electron chi connectivity index (χ1n) is 5.59. The van der Waals surface area contributed by atoms with E-state index in [0.717, 1.165) is 32.2 Å². The number of hydrogen-bond donors (Lipinski definition) is 0. The van der Waals surface area contributed by atoms with Crippen molar-refractivity contribution in [2.75, 3.05) is 13.7 Å². The molecule has 1 amide bonds. The van der Waals surface area contributed by atoms with Gasteiger partial charge in [0.1, 0.15) is 0 Å². The second kappa shape index (κ2) is 4.21. The molecule has 0 aliphatic carbocycles. The van der Waals surface area contributed by atoms with Gasteiger partial charge in [0.05, 0.1) is 13.0 Å². The summed E-state index contributed by atoms with van der Waals surface area (Å²) in [4.78, 5) is 24.9. The van der Waals surface area contributed by atoms with Crippen LogP contribution in [0.2, 0.25) is 0 Å². The lowest BCUT2D eigenvalue weighted by Crippen LogP contribution is -2.49. The molecule has 0 aromatic rings. The third-order valence-electron chi connectivity index (χ3n) is 3.50. The van der Waals surface area contributed by atoms with E-state index in [1.54, 1.807) is 0 Å². The Balaban J connectivity index is 1.99. The maximum Gasteiger partial charge on any atom is 0.308 e. The number of rotatable bonds is 1.